The summed E-state index contributed by atoms with van der Waals surface area (Å²) in [6, 6.07) is 8.32. The highest BCUT2D eigenvalue weighted by Crippen LogP contribution is 2.26. The van der Waals surface area contributed by atoms with Crippen molar-refractivity contribution in [2.45, 2.75) is 45.4 Å². The lowest BCUT2D eigenvalue weighted by Gasteiger charge is -2.29. The quantitative estimate of drug-likeness (QED) is 0.786. The van der Waals surface area contributed by atoms with E-state index in [4.69, 9.17) is 0 Å². The van der Waals surface area contributed by atoms with Crippen molar-refractivity contribution in [3.63, 3.8) is 0 Å². The first-order valence-electron chi connectivity index (χ1n) is 8.62. The molecule has 1 aromatic rings. The van der Waals surface area contributed by atoms with Gasteiger partial charge in [-0.15, -0.1) is 0 Å². The predicted molar refractivity (Wildman–Crippen MR) is 99.6 cm³/mol. The van der Waals surface area contributed by atoms with Crippen molar-refractivity contribution in [2.24, 2.45) is 11.8 Å². The molecule has 23 heavy (non-hydrogen) atoms. The van der Waals surface area contributed by atoms with Gasteiger partial charge in [0.05, 0.1) is 0 Å². The van der Waals surface area contributed by atoms with Gasteiger partial charge in [-0.05, 0) is 55.5 Å². The Kier molecular flexibility index (Phi) is 6.66. The van der Waals surface area contributed by atoms with Gasteiger partial charge in [-0.3, -0.25) is 4.79 Å². The molecule has 1 unspecified atom stereocenters. The minimum absolute atomic E-state index is 0.0720. The molecule has 0 spiro atoms. The average molecular weight is 381 g/mol. The standard InChI is InChI=1S/C19H29BrN2O/c1-14(15-7-9-21-10-8-15)11-18(23)22-13-19(2,3)16-5-4-6-17(20)12-16/h4-6,12,14-15,21H,7-11,13H2,1-3H3,(H,22,23). The zero-order valence-electron chi connectivity index (χ0n) is 14.5. The summed E-state index contributed by atoms with van der Waals surface area (Å²) in [5.41, 5.74) is 1.16. The molecule has 1 fully saturated rings. The number of hydrogen-bond donors (Lipinski definition) is 2. The van der Waals surface area contributed by atoms with Gasteiger partial charge in [-0.25, -0.2) is 0 Å². The molecule has 4 heteroatoms. The van der Waals surface area contributed by atoms with Gasteiger partial charge >= 0.3 is 0 Å². The van der Waals surface area contributed by atoms with Crippen molar-refractivity contribution in [3.8, 4) is 0 Å². The van der Waals surface area contributed by atoms with Gasteiger partial charge in [-0.2, -0.15) is 0 Å². The van der Waals surface area contributed by atoms with Crippen LogP contribution in [0.15, 0.2) is 28.7 Å². The molecule has 128 valence electrons. The lowest BCUT2D eigenvalue weighted by Crippen LogP contribution is -2.38. The molecule has 1 aromatic carbocycles. The first kappa shape index (κ1) is 18.5. The Morgan fingerprint density at radius 2 is 2.09 bits per heavy atom. The Hall–Kier alpha value is -0.870. The number of carbonyl (C=O) groups is 1. The second-order valence-corrected chi connectivity index (χ2v) is 8.36. The van der Waals surface area contributed by atoms with E-state index in [9.17, 15) is 4.79 Å². The van der Waals surface area contributed by atoms with Crippen LogP contribution in [0.3, 0.4) is 0 Å². The third-order valence-corrected chi connectivity index (χ3v) is 5.52. The van der Waals surface area contributed by atoms with E-state index in [2.05, 4.69) is 59.5 Å². The summed E-state index contributed by atoms with van der Waals surface area (Å²) in [5, 5.41) is 6.53. The van der Waals surface area contributed by atoms with Gasteiger partial charge in [0, 0.05) is 22.9 Å². The summed E-state index contributed by atoms with van der Waals surface area (Å²) >= 11 is 3.52. The minimum atomic E-state index is -0.0720. The molecule has 1 heterocycles. The molecular formula is C19H29BrN2O. The molecule has 2 N–H and O–H groups in total. The molecule has 0 aliphatic carbocycles. The number of hydrogen-bond acceptors (Lipinski definition) is 2. The fourth-order valence-electron chi connectivity index (χ4n) is 3.28. The van der Waals surface area contributed by atoms with Crippen LogP contribution in [0.25, 0.3) is 0 Å². The highest BCUT2D eigenvalue weighted by atomic mass is 79.9. The molecule has 1 aliphatic rings. The fourth-order valence-corrected chi connectivity index (χ4v) is 3.67. The average Bonchev–Trinajstić information content (AvgIpc) is 2.54. The van der Waals surface area contributed by atoms with Crippen LogP contribution < -0.4 is 10.6 Å². The summed E-state index contributed by atoms with van der Waals surface area (Å²) in [4.78, 5) is 12.3. The van der Waals surface area contributed by atoms with Crippen LogP contribution in [-0.4, -0.2) is 25.5 Å². The van der Waals surface area contributed by atoms with Gasteiger partial charge in [0.1, 0.15) is 0 Å². The summed E-state index contributed by atoms with van der Waals surface area (Å²) < 4.78 is 1.08. The SMILES string of the molecule is CC(CC(=O)NCC(C)(C)c1cccc(Br)c1)C1CCNCC1. The highest BCUT2D eigenvalue weighted by molar-refractivity contribution is 9.10. The van der Waals surface area contributed by atoms with Crippen LogP contribution in [-0.2, 0) is 10.2 Å². The molecule has 0 bridgehead atoms. The van der Waals surface area contributed by atoms with E-state index < -0.39 is 0 Å². The Morgan fingerprint density at radius 1 is 1.39 bits per heavy atom. The van der Waals surface area contributed by atoms with Gasteiger partial charge in [0.25, 0.3) is 0 Å². The van der Waals surface area contributed by atoms with E-state index in [1.807, 2.05) is 12.1 Å². The van der Waals surface area contributed by atoms with E-state index >= 15 is 0 Å². The first-order chi connectivity index (χ1) is 10.9. The number of piperidine rings is 1. The maximum absolute atomic E-state index is 12.3. The van der Waals surface area contributed by atoms with Crippen molar-refractivity contribution >= 4 is 21.8 Å². The molecule has 0 radical (unpaired) electrons. The Labute approximate surface area is 148 Å². The molecule has 0 saturated carbocycles. The van der Waals surface area contributed by atoms with Gasteiger partial charge in [0.2, 0.25) is 5.91 Å². The molecular weight excluding hydrogens is 352 g/mol. The van der Waals surface area contributed by atoms with Crippen molar-refractivity contribution in [3.05, 3.63) is 34.3 Å². The number of amides is 1. The van der Waals surface area contributed by atoms with Crippen LogP contribution in [0.1, 0.15) is 45.6 Å². The molecule has 1 saturated heterocycles. The highest BCUT2D eigenvalue weighted by Gasteiger charge is 2.24. The van der Waals surface area contributed by atoms with E-state index in [1.54, 1.807) is 0 Å². The van der Waals surface area contributed by atoms with Crippen LogP contribution >= 0.6 is 15.9 Å². The topological polar surface area (TPSA) is 41.1 Å². The zero-order chi connectivity index (χ0) is 16.9. The molecule has 2 rings (SSSR count). The monoisotopic (exact) mass is 380 g/mol. The second kappa shape index (κ2) is 8.29. The molecule has 1 atom stereocenters. The van der Waals surface area contributed by atoms with Crippen molar-refractivity contribution in [2.75, 3.05) is 19.6 Å². The third-order valence-electron chi connectivity index (χ3n) is 5.03. The molecule has 1 amide bonds. The molecule has 0 aromatic heterocycles. The van der Waals surface area contributed by atoms with Crippen molar-refractivity contribution < 1.29 is 4.79 Å². The van der Waals surface area contributed by atoms with Crippen LogP contribution in [0.4, 0.5) is 0 Å². The maximum Gasteiger partial charge on any atom is 0.220 e. The Morgan fingerprint density at radius 3 is 2.74 bits per heavy atom. The molecule has 1 aliphatic heterocycles. The lowest BCUT2D eigenvalue weighted by molar-refractivity contribution is -0.122. The van der Waals surface area contributed by atoms with Gasteiger partial charge < -0.3 is 10.6 Å². The van der Waals surface area contributed by atoms with Crippen molar-refractivity contribution in [1.29, 1.82) is 0 Å². The number of halogens is 1. The Bertz CT molecular complexity index is 524. The number of carbonyl (C=O) groups excluding carboxylic acids is 1. The second-order valence-electron chi connectivity index (χ2n) is 7.44. The summed E-state index contributed by atoms with van der Waals surface area (Å²) in [6.45, 7) is 9.41. The van der Waals surface area contributed by atoms with E-state index in [0.29, 0.717) is 24.8 Å². The summed E-state index contributed by atoms with van der Waals surface area (Å²) in [6.07, 6.45) is 3.02. The maximum atomic E-state index is 12.3. The summed E-state index contributed by atoms with van der Waals surface area (Å²) in [5.74, 6) is 1.32. The van der Waals surface area contributed by atoms with Gasteiger partial charge in [-0.1, -0.05) is 48.8 Å². The van der Waals surface area contributed by atoms with Crippen LogP contribution in [0.5, 0.6) is 0 Å². The Balaban J connectivity index is 1.83. The van der Waals surface area contributed by atoms with E-state index in [0.717, 1.165) is 17.6 Å². The smallest absolute Gasteiger partial charge is 0.220 e. The van der Waals surface area contributed by atoms with Crippen molar-refractivity contribution in [1.82, 2.24) is 10.6 Å². The first-order valence-corrected chi connectivity index (χ1v) is 9.41. The molecule has 3 nitrogen and oxygen atoms in total. The third kappa shape index (κ3) is 5.61. The fraction of sp³-hybridized carbons (Fsp3) is 0.632. The summed E-state index contributed by atoms with van der Waals surface area (Å²) in [7, 11) is 0. The zero-order valence-corrected chi connectivity index (χ0v) is 16.1. The lowest BCUT2D eigenvalue weighted by atomic mass is 9.83. The van der Waals surface area contributed by atoms with Gasteiger partial charge in [0.15, 0.2) is 0 Å². The van der Waals surface area contributed by atoms with E-state index in [1.165, 1.54) is 18.4 Å². The largest absolute Gasteiger partial charge is 0.355 e. The van der Waals surface area contributed by atoms with E-state index in [-0.39, 0.29) is 11.3 Å². The van der Waals surface area contributed by atoms with Crippen LogP contribution in [0.2, 0.25) is 0 Å². The number of benzene rings is 1. The minimum Gasteiger partial charge on any atom is -0.355 e. The normalized spacial score (nSPS) is 17.7. The predicted octanol–water partition coefficient (Wildman–Crippen LogP) is 3.87. The van der Waals surface area contributed by atoms with Crippen LogP contribution in [0, 0.1) is 11.8 Å². The number of nitrogens with one attached hydrogen (secondary N) is 2. The number of rotatable bonds is 6.